The number of nitrogens with zero attached hydrogens (tertiary/aromatic N) is 4. The van der Waals surface area contributed by atoms with E-state index in [9.17, 15) is 14.7 Å². The summed E-state index contributed by atoms with van der Waals surface area (Å²) >= 11 is 0. The van der Waals surface area contributed by atoms with Crippen LogP contribution in [0.3, 0.4) is 0 Å². The third-order valence-corrected chi connectivity index (χ3v) is 7.26. The number of aliphatic hydroxyl groups is 1. The molecule has 1 amide bonds. The van der Waals surface area contributed by atoms with Crippen LogP contribution < -0.4 is 5.56 Å². The van der Waals surface area contributed by atoms with E-state index in [1.54, 1.807) is 12.4 Å². The van der Waals surface area contributed by atoms with Crippen molar-refractivity contribution in [2.75, 3.05) is 0 Å². The molecule has 0 aliphatic carbocycles. The minimum absolute atomic E-state index is 0.00618. The van der Waals surface area contributed by atoms with Crippen LogP contribution in [0.4, 0.5) is 0 Å². The molecule has 2 bridgehead atoms. The molecule has 0 saturated carbocycles. The van der Waals surface area contributed by atoms with Gasteiger partial charge in [0.05, 0.1) is 23.1 Å². The molecule has 33 heavy (non-hydrogen) atoms. The van der Waals surface area contributed by atoms with Crippen LogP contribution in [0.5, 0.6) is 0 Å². The first kappa shape index (κ1) is 21.8. The molecule has 4 heterocycles. The molecule has 172 valence electrons. The summed E-state index contributed by atoms with van der Waals surface area (Å²) in [5.41, 5.74) is 0.498. The van der Waals surface area contributed by atoms with Gasteiger partial charge in [-0.1, -0.05) is 31.5 Å². The summed E-state index contributed by atoms with van der Waals surface area (Å²) in [7, 11) is 0. The van der Waals surface area contributed by atoms with E-state index in [4.69, 9.17) is 0 Å². The van der Waals surface area contributed by atoms with Crippen molar-refractivity contribution < 1.29 is 9.90 Å². The lowest BCUT2D eigenvalue weighted by atomic mass is 9.80. The van der Waals surface area contributed by atoms with Crippen molar-refractivity contribution in [3.8, 4) is 0 Å². The second-order valence-electron chi connectivity index (χ2n) is 9.41. The Morgan fingerprint density at radius 3 is 2.42 bits per heavy atom. The third-order valence-electron chi connectivity index (χ3n) is 7.26. The van der Waals surface area contributed by atoms with Gasteiger partial charge in [-0.2, -0.15) is 5.10 Å². The lowest BCUT2D eigenvalue weighted by Crippen LogP contribution is -2.52. The Bertz CT molecular complexity index is 1210. The third kappa shape index (κ3) is 3.95. The molecular formula is C26H30N4O3. The van der Waals surface area contributed by atoms with E-state index < -0.39 is 5.60 Å². The molecule has 0 radical (unpaired) electrons. The number of hydrogen-bond donors (Lipinski definition) is 1. The summed E-state index contributed by atoms with van der Waals surface area (Å²) < 4.78 is 1.52. The predicted octanol–water partition coefficient (Wildman–Crippen LogP) is 3.18. The van der Waals surface area contributed by atoms with Gasteiger partial charge in [0.25, 0.3) is 5.56 Å². The maximum absolute atomic E-state index is 13.5. The normalized spacial score (nSPS) is 24.4. The number of piperidine rings is 1. The van der Waals surface area contributed by atoms with Crippen molar-refractivity contribution >= 4 is 16.7 Å². The van der Waals surface area contributed by atoms with Gasteiger partial charge < -0.3 is 10.0 Å². The summed E-state index contributed by atoms with van der Waals surface area (Å²) in [6.07, 6.45) is 8.26. The van der Waals surface area contributed by atoms with Crippen LogP contribution in [-0.4, -0.2) is 42.8 Å². The average Bonchev–Trinajstić information content (AvgIpc) is 3.12. The van der Waals surface area contributed by atoms with Crippen LogP contribution in [0.15, 0.2) is 53.6 Å². The topological polar surface area (TPSA) is 88.3 Å². The SMILES string of the molecule is CCCCn1nc(CC(=O)N2C3CCC2CC(O)(c2ccncc2)C3)c2ccccc2c1=O. The van der Waals surface area contributed by atoms with Crippen LogP contribution in [-0.2, 0) is 23.4 Å². The second-order valence-corrected chi connectivity index (χ2v) is 9.41. The first-order chi connectivity index (χ1) is 16.0. The monoisotopic (exact) mass is 446 g/mol. The van der Waals surface area contributed by atoms with Crippen molar-refractivity contribution in [3.63, 3.8) is 0 Å². The lowest BCUT2D eigenvalue weighted by molar-refractivity contribution is -0.141. The van der Waals surface area contributed by atoms with E-state index in [1.807, 2.05) is 41.3 Å². The summed E-state index contributed by atoms with van der Waals surface area (Å²) in [6, 6.07) is 11.2. The zero-order valence-electron chi connectivity index (χ0n) is 19.0. The smallest absolute Gasteiger partial charge is 0.274 e. The molecule has 5 rings (SSSR count). The fourth-order valence-electron chi connectivity index (χ4n) is 5.66. The molecule has 2 aliphatic rings. The second kappa shape index (κ2) is 8.71. The highest BCUT2D eigenvalue weighted by Gasteiger charge is 2.49. The Kier molecular flexibility index (Phi) is 5.74. The highest BCUT2D eigenvalue weighted by atomic mass is 16.3. The molecule has 2 fully saturated rings. The van der Waals surface area contributed by atoms with E-state index >= 15 is 0 Å². The summed E-state index contributed by atoms with van der Waals surface area (Å²) in [5.74, 6) is 0.0256. The molecule has 7 heteroatoms. The molecule has 2 atom stereocenters. The molecule has 2 saturated heterocycles. The van der Waals surface area contributed by atoms with Crippen molar-refractivity contribution in [1.29, 1.82) is 0 Å². The molecule has 2 unspecified atom stereocenters. The van der Waals surface area contributed by atoms with Crippen LogP contribution in [0.25, 0.3) is 10.8 Å². The molecule has 3 aromatic rings. The highest BCUT2D eigenvalue weighted by molar-refractivity contribution is 5.88. The quantitative estimate of drug-likeness (QED) is 0.628. The molecule has 0 spiro atoms. The zero-order chi connectivity index (χ0) is 23.0. The van der Waals surface area contributed by atoms with Crippen LogP contribution in [0, 0.1) is 0 Å². The van der Waals surface area contributed by atoms with Gasteiger partial charge in [-0.3, -0.25) is 14.6 Å². The van der Waals surface area contributed by atoms with Crippen molar-refractivity contribution in [2.24, 2.45) is 0 Å². The van der Waals surface area contributed by atoms with E-state index in [1.165, 1.54) is 4.68 Å². The molecule has 2 aliphatic heterocycles. The largest absolute Gasteiger partial charge is 0.385 e. The Labute approximate surface area is 193 Å². The number of aryl methyl sites for hydroxylation is 1. The number of fused-ring (bicyclic) bond motifs is 3. The van der Waals surface area contributed by atoms with E-state index in [0.29, 0.717) is 30.5 Å². The number of carbonyl (C=O) groups excluding carboxylic acids is 1. The fourth-order valence-corrected chi connectivity index (χ4v) is 5.66. The Morgan fingerprint density at radius 2 is 1.76 bits per heavy atom. The number of amides is 1. The van der Waals surface area contributed by atoms with E-state index in [-0.39, 0.29) is 30.0 Å². The zero-order valence-corrected chi connectivity index (χ0v) is 19.0. The van der Waals surface area contributed by atoms with E-state index in [0.717, 1.165) is 36.6 Å². The van der Waals surface area contributed by atoms with Crippen LogP contribution >= 0.6 is 0 Å². The first-order valence-electron chi connectivity index (χ1n) is 11.9. The van der Waals surface area contributed by atoms with Gasteiger partial charge in [0.2, 0.25) is 5.91 Å². The summed E-state index contributed by atoms with van der Waals surface area (Å²) in [5, 5.41) is 17.4. The number of carbonyl (C=O) groups is 1. The Balaban J connectivity index is 1.42. The lowest BCUT2D eigenvalue weighted by Gasteiger charge is -2.44. The Morgan fingerprint density at radius 1 is 1.09 bits per heavy atom. The van der Waals surface area contributed by atoms with Crippen LogP contribution in [0.2, 0.25) is 0 Å². The van der Waals surface area contributed by atoms with Gasteiger partial charge in [-0.25, -0.2) is 4.68 Å². The number of aromatic nitrogens is 3. The number of benzene rings is 1. The highest BCUT2D eigenvalue weighted by Crippen LogP contribution is 2.45. The number of hydrogen-bond acceptors (Lipinski definition) is 5. The molecule has 7 nitrogen and oxygen atoms in total. The van der Waals surface area contributed by atoms with Gasteiger partial charge in [0.15, 0.2) is 0 Å². The van der Waals surface area contributed by atoms with Gasteiger partial charge in [0.1, 0.15) is 0 Å². The van der Waals surface area contributed by atoms with Crippen molar-refractivity contribution in [1.82, 2.24) is 19.7 Å². The van der Waals surface area contributed by atoms with Gasteiger partial charge in [-0.05, 0) is 43.0 Å². The van der Waals surface area contributed by atoms with E-state index in [2.05, 4.69) is 17.0 Å². The minimum Gasteiger partial charge on any atom is -0.385 e. The van der Waals surface area contributed by atoms with Gasteiger partial charge in [-0.15, -0.1) is 0 Å². The molecule has 1 aromatic carbocycles. The standard InChI is InChI=1S/C26H30N4O3/c1-2-3-14-29-25(32)22-7-5-4-6-21(22)23(28-29)15-24(31)30-19-8-9-20(30)17-26(33,16-19)18-10-12-27-13-11-18/h4-7,10-13,19-20,33H,2-3,8-9,14-17H2,1H3. The maximum atomic E-state index is 13.5. The summed E-state index contributed by atoms with van der Waals surface area (Å²) in [4.78, 5) is 32.4. The van der Waals surface area contributed by atoms with Crippen LogP contribution in [0.1, 0.15) is 56.7 Å². The van der Waals surface area contributed by atoms with Crippen molar-refractivity contribution in [2.45, 2.75) is 76.1 Å². The minimum atomic E-state index is -0.927. The predicted molar refractivity (Wildman–Crippen MR) is 126 cm³/mol. The first-order valence-corrected chi connectivity index (χ1v) is 11.9. The summed E-state index contributed by atoms with van der Waals surface area (Å²) in [6.45, 7) is 2.63. The number of rotatable bonds is 6. The average molecular weight is 447 g/mol. The maximum Gasteiger partial charge on any atom is 0.274 e. The van der Waals surface area contributed by atoms with Gasteiger partial charge >= 0.3 is 0 Å². The number of unbranched alkanes of at least 4 members (excludes halogenated alkanes) is 1. The van der Waals surface area contributed by atoms with Gasteiger partial charge in [0, 0.05) is 49.2 Å². The molecule has 2 aromatic heterocycles. The Hall–Kier alpha value is -3.06. The van der Waals surface area contributed by atoms with Crippen molar-refractivity contribution in [3.05, 3.63) is 70.4 Å². The molecule has 1 N–H and O–H groups in total. The number of pyridine rings is 1. The molecular weight excluding hydrogens is 416 g/mol. The fraction of sp³-hybridized carbons (Fsp3) is 0.462.